The molecular weight excluding hydrogens is 202 g/mol. The van der Waals surface area contributed by atoms with Crippen LogP contribution in [0.3, 0.4) is 0 Å². The van der Waals surface area contributed by atoms with Crippen molar-refractivity contribution in [3.63, 3.8) is 0 Å². The number of rotatable bonds is 8. The van der Waals surface area contributed by atoms with Gasteiger partial charge in [-0.05, 0) is 13.5 Å². The van der Waals surface area contributed by atoms with Crippen molar-refractivity contribution in [3.8, 4) is 0 Å². The highest BCUT2D eigenvalue weighted by molar-refractivity contribution is 6.62. The fourth-order valence-electron chi connectivity index (χ4n) is 1.41. The summed E-state index contributed by atoms with van der Waals surface area (Å²) in [5.74, 6) is 0. The Labute approximate surface area is 86.7 Å². The molecule has 5 nitrogen and oxygen atoms in total. The van der Waals surface area contributed by atoms with E-state index < -0.39 is 8.80 Å². The highest BCUT2D eigenvalue weighted by Crippen LogP contribution is 2.15. The normalized spacial score (nSPS) is 14.4. The maximum Gasteiger partial charge on any atom is 0.518 e. The molecule has 0 fully saturated rings. The summed E-state index contributed by atoms with van der Waals surface area (Å²) in [4.78, 5) is 0. The van der Waals surface area contributed by atoms with Gasteiger partial charge in [-0.1, -0.05) is 6.92 Å². The lowest BCUT2D eigenvalue weighted by Gasteiger charge is -2.32. The van der Waals surface area contributed by atoms with E-state index in [1.807, 2.05) is 14.0 Å². The van der Waals surface area contributed by atoms with Crippen molar-refractivity contribution in [3.05, 3.63) is 0 Å². The van der Waals surface area contributed by atoms with Crippen molar-refractivity contribution < 1.29 is 18.4 Å². The van der Waals surface area contributed by atoms with Gasteiger partial charge in [0.2, 0.25) is 0 Å². The molecule has 0 saturated carbocycles. The molecule has 0 aromatic carbocycles. The Bertz CT molecular complexity index is 139. The first-order chi connectivity index (χ1) is 6.70. The number of aliphatic hydroxyl groups is 1. The number of aliphatic hydroxyl groups excluding tert-OH is 1. The second-order valence-electron chi connectivity index (χ2n) is 2.83. The number of hydrogen-bond donors (Lipinski definition) is 2. The summed E-state index contributed by atoms with van der Waals surface area (Å²) in [5.41, 5.74) is 0.0593. The third-order valence-corrected chi connectivity index (χ3v) is 5.44. The Morgan fingerprint density at radius 3 is 2.21 bits per heavy atom. The third-order valence-electron chi connectivity index (χ3n) is 2.15. The van der Waals surface area contributed by atoms with E-state index in [1.165, 1.54) is 0 Å². The van der Waals surface area contributed by atoms with E-state index in [9.17, 15) is 0 Å². The maximum atomic E-state index is 8.71. The van der Waals surface area contributed by atoms with Gasteiger partial charge in [-0.25, -0.2) is 0 Å². The molecule has 0 spiro atoms. The van der Waals surface area contributed by atoms with Crippen molar-refractivity contribution in [1.82, 2.24) is 5.32 Å². The topological polar surface area (TPSA) is 60.0 Å². The molecular formula is C8H21NO4Si. The van der Waals surface area contributed by atoms with E-state index in [-0.39, 0.29) is 18.9 Å². The van der Waals surface area contributed by atoms with Crippen LogP contribution in [-0.2, 0) is 13.3 Å². The highest BCUT2D eigenvalue weighted by atomic mass is 28.4. The lowest BCUT2D eigenvalue weighted by molar-refractivity contribution is 0.0669. The van der Waals surface area contributed by atoms with Crippen molar-refractivity contribution in [2.45, 2.75) is 19.0 Å². The summed E-state index contributed by atoms with van der Waals surface area (Å²) in [7, 11) is 2.33. The molecule has 0 aromatic rings. The van der Waals surface area contributed by atoms with Crippen LogP contribution >= 0.6 is 0 Å². The zero-order chi connectivity index (χ0) is 11.0. The molecule has 0 radical (unpaired) electrons. The quantitative estimate of drug-likeness (QED) is 0.556. The molecule has 6 heteroatoms. The zero-order valence-electron chi connectivity index (χ0n) is 9.37. The Kier molecular flexibility index (Phi) is 7.34. The second-order valence-corrected chi connectivity index (χ2v) is 5.84. The molecule has 0 aliphatic rings. The molecule has 0 amide bonds. The predicted octanol–water partition coefficient (Wildman–Crippen LogP) is -0.236. The van der Waals surface area contributed by atoms with Crippen LogP contribution in [-0.4, -0.2) is 54.1 Å². The standard InChI is InChI=1S/C8H21NO4Si/c1-5-8(9-2)14(11-3,12-4)13-7-6-10/h8-10H,5-7H2,1-4H3. The smallest absolute Gasteiger partial charge is 0.394 e. The Morgan fingerprint density at radius 2 is 1.93 bits per heavy atom. The summed E-state index contributed by atoms with van der Waals surface area (Å²) in [6.45, 7) is 2.25. The molecule has 0 bridgehead atoms. The molecule has 1 atom stereocenters. The van der Waals surface area contributed by atoms with Gasteiger partial charge in [0.25, 0.3) is 0 Å². The zero-order valence-corrected chi connectivity index (χ0v) is 10.4. The van der Waals surface area contributed by atoms with E-state index >= 15 is 0 Å². The third kappa shape index (κ3) is 3.30. The van der Waals surface area contributed by atoms with Gasteiger partial charge in [-0.3, -0.25) is 0 Å². The van der Waals surface area contributed by atoms with Gasteiger partial charge < -0.3 is 23.7 Å². The minimum Gasteiger partial charge on any atom is -0.394 e. The SMILES string of the molecule is CCC(NC)[Si](OC)(OC)OCCO. The van der Waals surface area contributed by atoms with Crippen LogP contribution in [0.4, 0.5) is 0 Å². The van der Waals surface area contributed by atoms with Crippen molar-refractivity contribution >= 4 is 8.80 Å². The van der Waals surface area contributed by atoms with Gasteiger partial charge >= 0.3 is 8.80 Å². The average Bonchev–Trinajstić information content (AvgIpc) is 2.24. The van der Waals surface area contributed by atoms with Crippen molar-refractivity contribution in [1.29, 1.82) is 0 Å². The molecule has 0 aliphatic carbocycles. The Hall–Kier alpha value is 0.0169. The van der Waals surface area contributed by atoms with Crippen LogP contribution in [0.5, 0.6) is 0 Å². The molecule has 2 N–H and O–H groups in total. The van der Waals surface area contributed by atoms with E-state index in [2.05, 4.69) is 5.32 Å². The minimum atomic E-state index is -2.66. The van der Waals surface area contributed by atoms with Crippen molar-refractivity contribution in [2.75, 3.05) is 34.5 Å². The Balaban J connectivity index is 4.47. The van der Waals surface area contributed by atoms with Gasteiger partial charge in [-0.15, -0.1) is 0 Å². The fourth-order valence-corrected chi connectivity index (χ4v) is 3.81. The molecule has 86 valence electrons. The number of hydrogen-bond acceptors (Lipinski definition) is 5. The van der Waals surface area contributed by atoms with E-state index in [1.54, 1.807) is 14.2 Å². The van der Waals surface area contributed by atoms with Crippen LogP contribution in [0.2, 0.25) is 0 Å². The molecule has 0 rings (SSSR count). The molecule has 1 unspecified atom stereocenters. The first-order valence-electron chi connectivity index (χ1n) is 4.73. The van der Waals surface area contributed by atoms with Gasteiger partial charge in [0.1, 0.15) is 0 Å². The number of nitrogens with one attached hydrogen (secondary N) is 1. The van der Waals surface area contributed by atoms with Crippen molar-refractivity contribution in [2.24, 2.45) is 0 Å². The lowest BCUT2D eigenvalue weighted by Crippen LogP contribution is -2.60. The molecule has 14 heavy (non-hydrogen) atoms. The molecule has 0 aliphatic heterocycles. The van der Waals surface area contributed by atoms with Gasteiger partial charge in [-0.2, -0.15) is 0 Å². The van der Waals surface area contributed by atoms with Gasteiger partial charge in [0.05, 0.1) is 18.9 Å². The summed E-state index contributed by atoms with van der Waals surface area (Å²) >= 11 is 0. The van der Waals surface area contributed by atoms with Crippen LogP contribution < -0.4 is 5.32 Å². The highest BCUT2D eigenvalue weighted by Gasteiger charge is 2.46. The van der Waals surface area contributed by atoms with E-state index in [0.717, 1.165) is 6.42 Å². The Morgan fingerprint density at radius 1 is 1.36 bits per heavy atom. The fraction of sp³-hybridized carbons (Fsp3) is 1.00. The lowest BCUT2D eigenvalue weighted by atomic mass is 10.5. The summed E-state index contributed by atoms with van der Waals surface area (Å²) in [5, 5.41) is 11.8. The monoisotopic (exact) mass is 223 g/mol. The minimum absolute atomic E-state index is 0.0262. The molecule has 0 saturated heterocycles. The largest absolute Gasteiger partial charge is 0.518 e. The van der Waals surface area contributed by atoms with Crippen LogP contribution in [0, 0.1) is 0 Å². The van der Waals surface area contributed by atoms with Crippen LogP contribution in [0.1, 0.15) is 13.3 Å². The summed E-state index contributed by atoms with van der Waals surface area (Å²) < 4.78 is 16.2. The average molecular weight is 223 g/mol. The predicted molar refractivity (Wildman–Crippen MR) is 55.9 cm³/mol. The van der Waals surface area contributed by atoms with Crippen LogP contribution in [0.15, 0.2) is 0 Å². The molecule has 0 heterocycles. The molecule has 0 aromatic heterocycles. The van der Waals surface area contributed by atoms with Crippen LogP contribution in [0.25, 0.3) is 0 Å². The van der Waals surface area contributed by atoms with E-state index in [4.69, 9.17) is 18.4 Å². The summed E-state index contributed by atoms with van der Waals surface area (Å²) in [6, 6.07) is 0. The van der Waals surface area contributed by atoms with Gasteiger partial charge in [0.15, 0.2) is 0 Å². The van der Waals surface area contributed by atoms with E-state index in [0.29, 0.717) is 0 Å². The van der Waals surface area contributed by atoms with Gasteiger partial charge in [0, 0.05) is 14.2 Å². The first kappa shape index (κ1) is 14.0. The second kappa shape index (κ2) is 7.33. The maximum absolute atomic E-state index is 8.71. The first-order valence-corrected chi connectivity index (χ1v) is 6.53. The summed E-state index contributed by atoms with van der Waals surface area (Å²) in [6.07, 6.45) is 0.857.